The topological polar surface area (TPSA) is 247 Å². The van der Waals surface area contributed by atoms with Crippen LogP contribution in [0.15, 0.2) is 250 Å². The molecule has 0 saturated heterocycles. The lowest BCUT2D eigenvalue weighted by atomic mass is 9.96. The lowest BCUT2D eigenvalue weighted by Crippen LogP contribution is -2.28. The molecule has 2 unspecified atom stereocenters. The molecule has 0 spiro atoms. The molecule has 3 amide bonds. The van der Waals surface area contributed by atoms with Crippen molar-refractivity contribution in [2.45, 2.75) is 66.6 Å². The first-order chi connectivity index (χ1) is 54.5. The summed E-state index contributed by atoms with van der Waals surface area (Å²) in [5, 5.41) is 29.8. The molecule has 0 aliphatic rings. The number of nitrogens with zero attached hydrogens (tertiary/aromatic N) is 15. The number of para-hydroxylation sites is 1. The number of aromatic nitrogens is 15. The van der Waals surface area contributed by atoms with E-state index in [0.717, 1.165) is 117 Å². The number of aryl methyl sites for hydroxylation is 4. The van der Waals surface area contributed by atoms with Crippen molar-refractivity contribution in [3.8, 4) is 69.5 Å². The molecular weight excluding hydrogens is 1390 g/mol. The van der Waals surface area contributed by atoms with E-state index in [1.54, 1.807) is 87.5 Å². The van der Waals surface area contributed by atoms with Crippen LogP contribution in [0.4, 0.5) is 0 Å². The summed E-state index contributed by atoms with van der Waals surface area (Å²) in [6, 6.07) is 62.0. The molecule has 0 aliphatic heterocycles. The third-order valence-corrected chi connectivity index (χ3v) is 19.3. The molecule has 6 aromatic carbocycles. The van der Waals surface area contributed by atoms with Crippen molar-refractivity contribution in [1.29, 1.82) is 0 Å². The highest BCUT2D eigenvalue weighted by molar-refractivity contribution is 6.03. The van der Waals surface area contributed by atoms with Gasteiger partial charge in [0.15, 0.2) is 16.9 Å². The standard InChI is InChI=1S/C32H27N7O.C32H24N6O.C27H21N5O/c1-20-29(31-33-16-9-17-39(31)37-20)32(40)35-21(2)30-27(23-10-6-5-7-11-23)18-26-24(12-8-13-28(26)36-30)14-15-25-19-34-38(4)22(25)3;1-21-29(31-34-16-7-19-38(31)37-21)32(39)35-22(2)30-27(24-8-4-3-5-9-24)20-26-25(10-6-11-28(26)36-30)13-12-23-14-17-33-18-15-23;1-4-19-12-8-13-21-16-22(25(30-24(19)21)20-10-6-5-7-11-20)17(2)29-27(33)23-18(3)31-32-15-9-14-28-26(23)32/h5-13,16-19,21H,1-4H3,(H,35,40);3-11,14-20,22H,1-2H3,(H,35,39);1,5-17H,2-3H3,(H,29,33)/t;;17-/m..0/s1. The molecule has 0 radical (unpaired) electrons. The van der Waals surface area contributed by atoms with E-state index in [1.165, 1.54) is 0 Å². The van der Waals surface area contributed by atoms with E-state index in [0.29, 0.717) is 50.7 Å². The van der Waals surface area contributed by atoms with Crippen LogP contribution < -0.4 is 16.0 Å². The SMILES string of the molecule is C#Cc1cccc2cc([C@H](C)NC(=O)c3c(C)nn4cccnc34)c(-c3ccccc3)nc12.Cc1nn2cccnc2c1C(=O)NC(C)c1nc2cccc(C#Cc3ccncc3)c2cc1-c1ccccc1.Cc1nn2cccnc2c1C(=O)NC(C)c1nc2cccc(C#Cc3cnn(C)c3C)c2cc1-c1ccccc1. The van der Waals surface area contributed by atoms with Gasteiger partial charge >= 0.3 is 0 Å². The highest BCUT2D eigenvalue weighted by Crippen LogP contribution is 2.36. The first-order valence-electron chi connectivity index (χ1n) is 36.2. The molecule has 11 heterocycles. The first kappa shape index (κ1) is 72.4. The quantitative estimate of drug-likeness (QED) is 0.0963. The van der Waals surface area contributed by atoms with Gasteiger partial charge in [-0.15, -0.1) is 6.42 Å². The molecule has 17 aromatic rings. The third kappa shape index (κ3) is 14.9. The number of hydrogen-bond donors (Lipinski definition) is 3. The molecule has 112 heavy (non-hydrogen) atoms. The van der Waals surface area contributed by atoms with Gasteiger partial charge < -0.3 is 16.0 Å². The van der Waals surface area contributed by atoms with Gasteiger partial charge in [0.05, 0.1) is 91.9 Å². The van der Waals surface area contributed by atoms with Crippen LogP contribution in [0, 0.1) is 63.7 Å². The van der Waals surface area contributed by atoms with E-state index in [4.69, 9.17) is 21.4 Å². The number of carbonyl (C=O) groups is 3. The number of pyridine rings is 4. The van der Waals surface area contributed by atoms with Crippen molar-refractivity contribution in [2.24, 2.45) is 7.05 Å². The Kier molecular flexibility index (Phi) is 20.5. The van der Waals surface area contributed by atoms with Crippen LogP contribution in [-0.4, -0.2) is 91.2 Å². The van der Waals surface area contributed by atoms with Gasteiger partial charge in [-0.05, 0) is 138 Å². The van der Waals surface area contributed by atoms with Gasteiger partial charge in [-0.25, -0.2) is 43.5 Å². The van der Waals surface area contributed by atoms with Gasteiger partial charge in [0, 0.05) is 112 Å². The molecule has 3 atom stereocenters. The van der Waals surface area contributed by atoms with Crippen LogP contribution in [0.1, 0.15) is 138 Å². The Bertz CT molecular complexity index is 6660. The van der Waals surface area contributed by atoms with Gasteiger partial charge in [-0.3, -0.25) is 24.0 Å². The lowest BCUT2D eigenvalue weighted by molar-refractivity contribution is 0.0931. The molecule has 17 rings (SSSR count). The highest BCUT2D eigenvalue weighted by atomic mass is 16.2. The molecule has 0 bridgehead atoms. The van der Waals surface area contributed by atoms with Crippen molar-refractivity contribution in [3.05, 3.63) is 334 Å². The molecule has 11 aromatic heterocycles. The van der Waals surface area contributed by atoms with Crippen LogP contribution in [-0.2, 0) is 7.05 Å². The number of amides is 3. The molecule has 3 N–H and O–H groups in total. The van der Waals surface area contributed by atoms with Crippen molar-refractivity contribution in [2.75, 3.05) is 0 Å². The summed E-state index contributed by atoms with van der Waals surface area (Å²) in [6.45, 7) is 13.3. The Labute approximate surface area is 645 Å². The van der Waals surface area contributed by atoms with Crippen molar-refractivity contribution in [1.82, 2.24) is 89.5 Å². The maximum absolute atomic E-state index is 13.5. The zero-order valence-electron chi connectivity index (χ0n) is 62.4. The van der Waals surface area contributed by atoms with Gasteiger partial charge in [-0.2, -0.15) is 20.4 Å². The Hall–Kier alpha value is -15.1. The molecule has 0 aliphatic carbocycles. The van der Waals surface area contributed by atoms with Gasteiger partial charge in [0.25, 0.3) is 17.7 Å². The summed E-state index contributed by atoms with van der Waals surface area (Å²) in [4.78, 5) is 72.4. The van der Waals surface area contributed by atoms with Gasteiger partial charge in [0.1, 0.15) is 16.7 Å². The zero-order chi connectivity index (χ0) is 77.5. The predicted octanol–water partition coefficient (Wildman–Crippen LogP) is 15.4. The fraction of sp³-hybridized carbons (Fsp3) is 0.121. The first-order valence-corrected chi connectivity index (χ1v) is 36.2. The van der Waals surface area contributed by atoms with Gasteiger partial charge in [-0.1, -0.05) is 145 Å². The second-order valence-electron chi connectivity index (χ2n) is 26.8. The Morgan fingerprint density at radius 2 is 0.866 bits per heavy atom. The minimum Gasteiger partial charge on any atom is -0.345 e. The summed E-state index contributed by atoms with van der Waals surface area (Å²) in [5.74, 6) is 15.1. The predicted molar refractivity (Wildman–Crippen MR) is 434 cm³/mol. The fourth-order valence-corrected chi connectivity index (χ4v) is 13.6. The van der Waals surface area contributed by atoms with Crippen molar-refractivity contribution >= 4 is 67.4 Å². The number of fused-ring (bicyclic) bond motifs is 6. The second kappa shape index (κ2) is 31.7. The molecule has 21 nitrogen and oxygen atoms in total. The maximum atomic E-state index is 13.5. The molecule has 0 saturated carbocycles. The van der Waals surface area contributed by atoms with E-state index in [2.05, 4.69) is 104 Å². The highest BCUT2D eigenvalue weighted by Gasteiger charge is 2.27. The van der Waals surface area contributed by atoms with Crippen LogP contribution >= 0.6 is 0 Å². The lowest BCUT2D eigenvalue weighted by Gasteiger charge is -2.19. The van der Waals surface area contributed by atoms with Crippen LogP contribution in [0.3, 0.4) is 0 Å². The maximum Gasteiger partial charge on any atom is 0.257 e. The monoisotopic (exact) mass is 1460 g/mol. The summed E-state index contributed by atoms with van der Waals surface area (Å²) < 4.78 is 6.67. The van der Waals surface area contributed by atoms with Gasteiger partial charge in [0.2, 0.25) is 0 Å². The van der Waals surface area contributed by atoms with E-state index in [9.17, 15) is 14.4 Å². The van der Waals surface area contributed by atoms with Crippen molar-refractivity contribution < 1.29 is 14.4 Å². The fourth-order valence-electron chi connectivity index (χ4n) is 13.6. The molecule has 21 heteroatoms. The summed E-state index contributed by atoms with van der Waals surface area (Å²) in [6.07, 6.45) is 21.3. The normalized spacial score (nSPS) is 11.8. The van der Waals surface area contributed by atoms with E-state index in [-0.39, 0.29) is 29.8 Å². The summed E-state index contributed by atoms with van der Waals surface area (Å²) >= 11 is 0. The molecular formula is C91H72N18O3. The average Bonchev–Trinajstić information content (AvgIpc) is 1.39. The second-order valence-corrected chi connectivity index (χ2v) is 26.8. The Balaban J connectivity index is 0.000000134. The Morgan fingerprint density at radius 3 is 1.32 bits per heavy atom. The zero-order valence-corrected chi connectivity index (χ0v) is 62.4. The number of hydrogen-bond acceptors (Lipinski definition) is 14. The van der Waals surface area contributed by atoms with E-state index >= 15 is 0 Å². The van der Waals surface area contributed by atoms with Crippen molar-refractivity contribution in [3.63, 3.8) is 0 Å². The molecule has 0 fully saturated rings. The largest absolute Gasteiger partial charge is 0.345 e. The van der Waals surface area contributed by atoms with Crippen LogP contribution in [0.5, 0.6) is 0 Å². The number of rotatable bonds is 12. The molecule has 544 valence electrons. The summed E-state index contributed by atoms with van der Waals surface area (Å²) in [7, 11) is 1.91. The number of carbonyl (C=O) groups excluding carboxylic acids is 3. The minimum absolute atomic E-state index is 0.231. The number of benzene rings is 6. The third-order valence-electron chi connectivity index (χ3n) is 19.3. The average molecular weight is 1470 g/mol. The number of terminal acetylenes is 1. The number of nitrogens with one attached hydrogen (secondary N) is 3. The van der Waals surface area contributed by atoms with Crippen LogP contribution in [0.2, 0.25) is 0 Å². The summed E-state index contributed by atoms with van der Waals surface area (Å²) in [5.41, 5.74) is 20.5. The van der Waals surface area contributed by atoms with E-state index in [1.807, 2.05) is 218 Å². The van der Waals surface area contributed by atoms with Crippen LogP contribution in [0.25, 0.3) is 83.2 Å². The minimum atomic E-state index is -0.391. The van der Waals surface area contributed by atoms with E-state index < -0.39 is 6.04 Å². The Morgan fingerprint density at radius 1 is 0.438 bits per heavy atom. The smallest absolute Gasteiger partial charge is 0.257 e.